The average Bonchev–Trinajstić information content (AvgIpc) is 2.60. The highest BCUT2D eigenvalue weighted by molar-refractivity contribution is 6.04. The topological polar surface area (TPSA) is 68.7 Å². The van der Waals surface area contributed by atoms with Crippen molar-refractivity contribution in [3.8, 4) is 22.8 Å². The van der Waals surface area contributed by atoms with Gasteiger partial charge in [0.05, 0.1) is 31.0 Å². The smallest absolute Gasteiger partial charge is 0.338 e. The largest absolute Gasteiger partial charge is 0.504 e. The fourth-order valence-electron chi connectivity index (χ4n) is 2.44. The molecule has 3 aromatic rings. The number of methoxy groups -OCH3 is 2. The maximum absolute atomic E-state index is 12.1. The van der Waals surface area contributed by atoms with Gasteiger partial charge in [0.1, 0.15) is 0 Å². The zero-order valence-electron chi connectivity index (χ0n) is 12.7. The zero-order valence-corrected chi connectivity index (χ0v) is 12.7. The summed E-state index contributed by atoms with van der Waals surface area (Å²) in [5.74, 6) is -0.0297. The molecule has 0 aliphatic rings. The lowest BCUT2D eigenvalue weighted by atomic mass is 10.0. The van der Waals surface area contributed by atoms with E-state index in [1.54, 1.807) is 18.2 Å². The number of para-hydroxylation sites is 1. The number of carbonyl (C=O) groups excluding carboxylic acids is 1. The Kier molecular flexibility index (Phi) is 3.85. The molecule has 0 aliphatic carbocycles. The number of esters is 1. The fourth-order valence-corrected chi connectivity index (χ4v) is 2.44. The third kappa shape index (κ3) is 2.68. The number of hydrogen-bond acceptors (Lipinski definition) is 5. The number of rotatable bonds is 3. The predicted molar refractivity (Wildman–Crippen MR) is 86.7 cm³/mol. The number of hydrogen-bond donors (Lipinski definition) is 1. The molecule has 0 radical (unpaired) electrons. The summed E-state index contributed by atoms with van der Waals surface area (Å²) in [6.45, 7) is 0. The van der Waals surface area contributed by atoms with E-state index in [9.17, 15) is 9.90 Å². The molecule has 2 aromatic carbocycles. The van der Waals surface area contributed by atoms with Crippen LogP contribution in [0.4, 0.5) is 0 Å². The van der Waals surface area contributed by atoms with Gasteiger partial charge < -0.3 is 14.6 Å². The standard InChI is InChI=1S/C18H15NO4/c1-22-17-9-11(7-8-16(17)20)15-10-13(18(21)23-2)12-5-3-4-6-14(12)19-15/h3-10,20H,1-2H3. The minimum atomic E-state index is -0.421. The molecule has 3 rings (SSSR count). The summed E-state index contributed by atoms with van der Waals surface area (Å²) in [6.07, 6.45) is 0. The van der Waals surface area contributed by atoms with E-state index in [1.807, 2.05) is 24.3 Å². The van der Waals surface area contributed by atoms with E-state index in [0.717, 1.165) is 10.9 Å². The Morgan fingerprint density at radius 2 is 1.87 bits per heavy atom. The molecule has 1 N–H and O–H groups in total. The molecule has 116 valence electrons. The van der Waals surface area contributed by atoms with Crippen molar-refractivity contribution >= 4 is 16.9 Å². The maximum atomic E-state index is 12.1. The second-order valence-electron chi connectivity index (χ2n) is 4.95. The number of phenolic OH excluding ortho intramolecular Hbond substituents is 1. The van der Waals surface area contributed by atoms with Crippen molar-refractivity contribution in [1.82, 2.24) is 4.98 Å². The van der Waals surface area contributed by atoms with Gasteiger partial charge in [-0.25, -0.2) is 9.78 Å². The number of ether oxygens (including phenoxy) is 2. The first-order valence-electron chi connectivity index (χ1n) is 6.99. The summed E-state index contributed by atoms with van der Waals surface area (Å²) in [4.78, 5) is 16.7. The lowest BCUT2D eigenvalue weighted by Crippen LogP contribution is -2.03. The van der Waals surface area contributed by atoms with Crippen LogP contribution < -0.4 is 4.74 Å². The van der Waals surface area contributed by atoms with Crippen molar-refractivity contribution < 1.29 is 19.4 Å². The van der Waals surface area contributed by atoms with E-state index in [1.165, 1.54) is 20.3 Å². The molecular formula is C18H15NO4. The molecule has 0 saturated heterocycles. The van der Waals surface area contributed by atoms with Crippen molar-refractivity contribution in [1.29, 1.82) is 0 Å². The number of nitrogens with zero attached hydrogens (tertiary/aromatic N) is 1. The predicted octanol–water partition coefficient (Wildman–Crippen LogP) is 3.40. The van der Waals surface area contributed by atoms with Crippen LogP contribution in [0.2, 0.25) is 0 Å². The van der Waals surface area contributed by atoms with Crippen molar-refractivity contribution in [2.45, 2.75) is 0 Å². The Bertz CT molecular complexity index is 889. The second kappa shape index (κ2) is 5.96. The Morgan fingerprint density at radius 3 is 2.61 bits per heavy atom. The molecule has 1 heterocycles. The van der Waals surface area contributed by atoms with Crippen LogP contribution >= 0.6 is 0 Å². The minimum absolute atomic E-state index is 0.0465. The van der Waals surface area contributed by atoms with Gasteiger partial charge in [0, 0.05) is 10.9 Å². The van der Waals surface area contributed by atoms with Gasteiger partial charge in [-0.05, 0) is 30.3 Å². The van der Waals surface area contributed by atoms with Gasteiger partial charge in [0.2, 0.25) is 0 Å². The zero-order chi connectivity index (χ0) is 16.4. The Morgan fingerprint density at radius 1 is 1.09 bits per heavy atom. The van der Waals surface area contributed by atoms with Gasteiger partial charge in [0.15, 0.2) is 11.5 Å². The van der Waals surface area contributed by atoms with E-state index in [-0.39, 0.29) is 5.75 Å². The summed E-state index contributed by atoms with van der Waals surface area (Å²) in [5.41, 5.74) is 2.47. The SMILES string of the molecule is COC(=O)c1cc(-c2ccc(O)c(OC)c2)nc2ccccc12. The fraction of sp³-hybridized carbons (Fsp3) is 0.111. The van der Waals surface area contributed by atoms with Gasteiger partial charge in [0.25, 0.3) is 0 Å². The van der Waals surface area contributed by atoms with Crippen molar-refractivity contribution in [3.05, 3.63) is 54.1 Å². The van der Waals surface area contributed by atoms with Crippen LogP contribution in [0.15, 0.2) is 48.5 Å². The van der Waals surface area contributed by atoms with Crippen LogP contribution in [0.1, 0.15) is 10.4 Å². The number of carbonyl (C=O) groups is 1. The first-order valence-corrected chi connectivity index (χ1v) is 6.99. The lowest BCUT2D eigenvalue weighted by molar-refractivity contribution is 0.0603. The first kappa shape index (κ1) is 14.8. The van der Waals surface area contributed by atoms with Crippen LogP contribution in [0.5, 0.6) is 11.5 Å². The summed E-state index contributed by atoms with van der Waals surface area (Å²) < 4.78 is 9.99. The molecule has 0 unspecified atom stereocenters. The van der Waals surface area contributed by atoms with Crippen LogP contribution in [-0.2, 0) is 4.74 Å². The number of phenols is 1. The average molecular weight is 309 g/mol. The summed E-state index contributed by atoms with van der Waals surface area (Å²) in [6, 6.07) is 14.0. The molecule has 0 amide bonds. The van der Waals surface area contributed by atoms with Gasteiger partial charge in [-0.1, -0.05) is 18.2 Å². The summed E-state index contributed by atoms with van der Waals surface area (Å²) in [5, 5.41) is 10.4. The monoisotopic (exact) mass is 309 g/mol. The van der Waals surface area contributed by atoms with Crippen molar-refractivity contribution in [2.75, 3.05) is 14.2 Å². The second-order valence-corrected chi connectivity index (χ2v) is 4.95. The van der Waals surface area contributed by atoms with Gasteiger partial charge in [-0.15, -0.1) is 0 Å². The van der Waals surface area contributed by atoms with E-state index in [0.29, 0.717) is 22.5 Å². The molecule has 0 saturated carbocycles. The van der Waals surface area contributed by atoms with E-state index in [4.69, 9.17) is 9.47 Å². The van der Waals surface area contributed by atoms with Gasteiger partial charge >= 0.3 is 5.97 Å². The van der Waals surface area contributed by atoms with Crippen LogP contribution in [0, 0.1) is 0 Å². The molecule has 0 atom stereocenters. The number of fused-ring (bicyclic) bond motifs is 1. The summed E-state index contributed by atoms with van der Waals surface area (Å²) >= 11 is 0. The quantitative estimate of drug-likeness (QED) is 0.751. The molecular weight excluding hydrogens is 294 g/mol. The molecule has 5 nitrogen and oxygen atoms in total. The molecule has 0 bridgehead atoms. The Labute approximate surface area is 133 Å². The van der Waals surface area contributed by atoms with E-state index in [2.05, 4.69) is 4.98 Å². The minimum Gasteiger partial charge on any atom is -0.504 e. The molecule has 1 aromatic heterocycles. The lowest BCUT2D eigenvalue weighted by Gasteiger charge is -2.10. The maximum Gasteiger partial charge on any atom is 0.338 e. The molecule has 5 heteroatoms. The van der Waals surface area contributed by atoms with Crippen LogP contribution in [0.25, 0.3) is 22.2 Å². The van der Waals surface area contributed by atoms with Crippen molar-refractivity contribution in [3.63, 3.8) is 0 Å². The molecule has 0 spiro atoms. The van der Waals surface area contributed by atoms with Crippen molar-refractivity contribution in [2.24, 2.45) is 0 Å². The van der Waals surface area contributed by atoms with E-state index >= 15 is 0 Å². The third-order valence-electron chi connectivity index (χ3n) is 3.60. The van der Waals surface area contributed by atoms with Gasteiger partial charge in [-0.3, -0.25) is 0 Å². The Balaban J connectivity index is 2.24. The Hall–Kier alpha value is -3.08. The number of aromatic hydroxyl groups is 1. The highest BCUT2D eigenvalue weighted by atomic mass is 16.5. The van der Waals surface area contributed by atoms with Crippen LogP contribution in [-0.4, -0.2) is 30.3 Å². The van der Waals surface area contributed by atoms with Crippen LogP contribution in [0.3, 0.4) is 0 Å². The number of pyridine rings is 1. The number of benzene rings is 2. The van der Waals surface area contributed by atoms with E-state index < -0.39 is 5.97 Å². The van der Waals surface area contributed by atoms with Gasteiger partial charge in [-0.2, -0.15) is 0 Å². The third-order valence-corrected chi connectivity index (χ3v) is 3.60. The highest BCUT2D eigenvalue weighted by Gasteiger charge is 2.15. The molecule has 23 heavy (non-hydrogen) atoms. The first-order chi connectivity index (χ1) is 11.1. The number of aromatic nitrogens is 1. The normalized spacial score (nSPS) is 10.5. The molecule has 0 aliphatic heterocycles. The highest BCUT2D eigenvalue weighted by Crippen LogP contribution is 2.32. The summed E-state index contributed by atoms with van der Waals surface area (Å²) in [7, 11) is 2.83. The molecule has 0 fully saturated rings.